The van der Waals surface area contributed by atoms with E-state index in [0.717, 1.165) is 12.2 Å². The van der Waals surface area contributed by atoms with Gasteiger partial charge in [0.05, 0.1) is 5.00 Å². The van der Waals surface area contributed by atoms with Crippen molar-refractivity contribution in [2.24, 2.45) is 0 Å². The van der Waals surface area contributed by atoms with Gasteiger partial charge in [0.1, 0.15) is 0 Å². The minimum atomic E-state index is 0.817. The Hall–Kier alpha value is -1.48. The molecular formula is C12H14N2S. The topological polar surface area (TPSA) is 29.3 Å². The van der Waals surface area contributed by atoms with E-state index >= 15 is 0 Å². The van der Waals surface area contributed by atoms with E-state index in [1.807, 2.05) is 12.1 Å². The second-order valence-electron chi connectivity index (χ2n) is 3.55. The van der Waals surface area contributed by atoms with Gasteiger partial charge in [-0.1, -0.05) is 12.1 Å². The molecule has 0 bridgehead atoms. The van der Waals surface area contributed by atoms with Gasteiger partial charge in [-0.2, -0.15) is 0 Å². The SMILES string of the molecule is CN(Cc1ccc(N)cc1)c1cccs1. The Bertz CT molecular complexity index is 406. The maximum absolute atomic E-state index is 5.64. The highest BCUT2D eigenvalue weighted by atomic mass is 32.1. The highest BCUT2D eigenvalue weighted by Gasteiger charge is 2.02. The molecule has 0 radical (unpaired) electrons. The van der Waals surface area contributed by atoms with Gasteiger partial charge in [0.25, 0.3) is 0 Å². The average molecular weight is 218 g/mol. The summed E-state index contributed by atoms with van der Waals surface area (Å²) in [6.07, 6.45) is 0. The first-order valence-electron chi connectivity index (χ1n) is 4.85. The van der Waals surface area contributed by atoms with Crippen molar-refractivity contribution in [1.29, 1.82) is 0 Å². The molecule has 0 aliphatic carbocycles. The van der Waals surface area contributed by atoms with E-state index in [0.29, 0.717) is 0 Å². The Morgan fingerprint density at radius 1 is 1.20 bits per heavy atom. The zero-order chi connectivity index (χ0) is 10.7. The maximum Gasteiger partial charge on any atom is 0.0908 e. The monoisotopic (exact) mass is 218 g/mol. The number of anilines is 2. The van der Waals surface area contributed by atoms with Crippen LogP contribution in [0.15, 0.2) is 41.8 Å². The summed E-state index contributed by atoms with van der Waals surface area (Å²) in [6.45, 7) is 0.917. The molecule has 3 heteroatoms. The van der Waals surface area contributed by atoms with Crippen molar-refractivity contribution in [3.63, 3.8) is 0 Å². The van der Waals surface area contributed by atoms with Crippen LogP contribution in [0.4, 0.5) is 10.7 Å². The molecule has 0 aliphatic heterocycles. The summed E-state index contributed by atoms with van der Waals surface area (Å²) >= 11 is 1.75. The first-order chi connectivity index (χ1) is 7.25. The van der Waals surface area contributed by atoms with E-state index in [1.54, 1.807) is 11.3 Å². The third-order valence-electron chi connectivity index (χ3n) is 2.28. The molecule has 2 nitrogen and oxygen atoms in total. The van der Waals surface area contributed by atoms with E-state index in [1.165, 1.54) is 10.6 Å². The lowest BCUT2D eigenvalue weighted by atomic mass is 10.2. The molecule has 15 heavy (non-hydrogen) atoms. The Labute approximate surface area is 94.0 Å². The zero-order valence-electron chi connectivity index (χ0n) is 8.68. The molecule has 2 N–H and O–H groups in total. The number of hydrogen-bond acceptors (Lipinski definition) is 3. The molecule has 0 saturated heterocycles. The molecule has 0 spiro atoms. The van der Waals surface area contributed by atoms with Crippen molar-refractivity contribution in [2.45, 2.75) is 6.54 Å². The highest BCUT2D eigenvalue weighted by Crippen LogP contribution is 2.21. The Balaban J connectivity index is 2.06. The second kappa shape index (κ2) is 4.36. The fraction of sp³-hybridized carbons (Fsp3) is 0.167. The normalized spacial score (nSPS) is 10.2. The molecular weight excluding hydrogens is 204 g/mol. The molecule has 1 heterocycles. The Morgan fingerprint density at radius 3 is 2.53 bits per heavy atom. The van der Waals surface area contributed by atoms with Gasteiger partial charge in [-0.15, -0.1) is 11.3 Å². The first-order valence-corrected chi connectivity index (χ1v) is 5.73. The number of hydrogen-bond donors (Lipinski definition) is 1. The number of nitrogens with zero attached hydrogens (tertiary/aromatic N) is 1. The van der Waals surface area contributed by atoms with Gasteiger partial charge in [-0.05, 0) is 35.2 Å². The van der Waals surface area contributed by atoms with Crippen molar-refractivity contribution in [3.8, 4) is 0 Å². The van der Waals surface area contributed by atoms with Crippen LogP contribution in [-0.2, 0) is 6.54 Å². The first kappa shape index (κ1) is 10.1. The van der Waals surface area contributed by atoms with Crippen molar-refractivity contribution in [3.05, 3.63) is 47.3 Å². The summed E-state index contributed by atoms with van der Waals surface area (Å²) in [6, 6.07) is 12.2. The van der Waals surface area contributed by atoms with Crippen LogP contribution in [0.3, 0.4) is 0 Å². The summed E-state index contributed by atoms with van der Waals surface area (Å²) in [5, 5.41) is 3.38. The highest BCUT2D eigenvalue weighted by molar-refractivity contribution is 7.14. The van der Waals surface area contributed by atoms with Crippen LogP contribution >= 0.6 is 11.3 Å². The lowest BCUT2D eigenvalue weighted by molar-refractivity contribution is 0.935. The molecule has 1 aromatic heterocycles. The van der Waals surface area contributed by atoms with Gasteiger partial charge in [0.15, 0.2) is 0 Å². The summed E-state index contributed by atoms with van der Waals surface area (Å²) in [5.74, 6) is 0. The van der Waals surface area contributed by atoms with Crippen LogP contribution in [0.25, 0.3) is 0 Å². The molecule has 1 aromatic carbocycles. The van der Waals surface area contributed by atoms with E-state index in [-0.39, 0.29) is 0 Å². The molecule has 0 saturated carbocycles. The zero-order valence-corrected chi connectivity index (χ0v) is 9.50. The van der Waals surface area contributed by atoms with Crippen LogP contribution in [0, 0.1) is 0 Å². The number of rotatable bonds is 3. The minimum absolute atomic E-state index is 0.817. The Morgan fingerprint density at radius 2 is 1.93 bits per heavy atom. The van der Waals surface area contributed by atoms with Gasteiger partial charge in [0.2, 0.25) is 0 Å². The van der Waals surface area contributed by atoms with Gasteiger partial charge >= 0.3 is 0 Å². The third kappa shape index (κ3) is 2.50. The van der Waals surface area contributed by atoms with Gasteiger partial charge < -0.3 is 10.6 Å². The van der Waals surface area contributed by atoms with Gasteiger partial charge in [-0.25, -0.2) is 0 Å². The van der Waals surface area contributed by atoms with Crippen LogP contribution in [0.1, 0.15) is 5.56 Å². The maximum atomic E-state index is 5.64. The minimum Gasteiger partial charge on any atom is -0.399 e. The molecule has 0 aliphatic rings. The quantitative estimate of drug-likeness (QED) is 0.802. The molecule has 2 rings (SSSR count). The molecule has 78 valence electrons. The summed E-state index contributed by atoms with van der Waals surface area (Å²) in [7, 11) is 2.10. The lowest BCUT2D eigenvalue weighted by Gasteiger charge is -2.16. The average Bonchev–Trinajstić information content (AvgIpc) is 2.74. The summed E-state index contributed by atoms with van der Waals surface area (Å²) in [4.78, 5) is 2.23. The van der Waals surface area contributed by atoms with Crippen molar-refractivity contribution < 1.29 is 0 Å². The van der Waals surface area contributed by atoms with Crippen molar-refractivity contribution in [1.82, 2.24) is 0 Å². The molecule has 2 aromatic rings. The fourth-order valence-electron chi connectivity index (χ4n) is 1.46. The van der Waals surface area contributed by atoms with Crippen molar-refractivity contribution in [2.75, 3.05) is 17.7 Å². The fourth-order valence-corrected chi connectivity index (χ4v) is 2.16. The molecule has 0 amide bonds. The van der Waals surface area contributed by atoms with Crippen LogP contribution < -0.4 is 10.6 Å². The van der Waals surface area contributed by atoms with Crippen LogP contribution in [-0.4, -0.2) is 7.05 Å². The van der Waals surface area contributed by atoms with Gasteiger partial charge in [0, 0.05) is 19.3 Å². The molecule has 0 fully saturated rings. The van der Waals surface area contributed by atoms with Crippen LogP contribution in [0.5, 0.6) is 0 Å². The largest absolute Gasteiger partial charge is 0.399 e. The predicted octanol–water partition coefficient (Wildman–Crippen LogP) is 2.97. The lowest BCUT2D eigenvalue weighted by Crippen LogP contribution is -2.14. The molecule has 0 atom stereocenters. The van der Waals surface area contributed by atoms with E-state index in [9.17, 15) is 0 Å². The van der Waals surface area contributed by atoms with Crippen molar-refractivity contribution >= 4 is 22.0 Å². The third-order valence-corrected chi connectivity index (χ3v) is 3.26. The predicted molar refractivity (Wildman–Crippen MR) is 67.3 cm³/mol. The van der Waals surface area contributed by atoms with E-state index in [4.69, 9.17) is 5.73 Å². The summed E-state index contributed by atoms with van der Waals surface area (Å²) < 4.78 is 0. The van der Waals surface area contributed by atoms with E-state index < -0.39 is 0 Å². The smallest absolute Gasteiger partial charge is 0.0908 e. The number of nitrogen functional groups attached to an aromatic ring is 1. The number of thiophene rings is 1. The van der Waals surface area contributed by atoms with Crippen LogP contribution in [0.2, 0.25) is 0 Å². The Kier molecular flexibility index (Phi) is 2.92. The summed E-state index contributed by atoms with van der Waals surface area (Å²) in [5.41, 5.74) is 7.74. The standard InChI is InChI=1S/C12H14N2S/c1-14(12-3-2-8-15-12)9-10-4-6-11(13)7-5-10/h2-8H,9,13H2,1H3. The second-order valence-corrected chi connectivity index (χ2v) is 4.48. The van der Waals surface area contributed by atoms with Gasteiger partial charge in [-0.3, -0.25) is 0 Å². The van der Waals surface area contributed by atoms with E-state index in [2.05, 4.69) is 41.6 Å². The molecule has 0 unspecified atom stereocenters. The number of benzene rings is 1. The number of nitrogens with two attached hydrogens (primary N) is 1.